The Morgan fingerprint density at radius 3 is 1.87 bits per heavy atom. The number of benzene rings is 1. The Bertz CT molecular complexity index is 602. The number of aliphatic carboxylic acids is 2. The van der Waals surface area contributed by atoms with Gasteiger partial charge in [-0.15, -0.1) is 0 Å². The van der Waals surface area contributed by atoms with Crippen molar-refractivity contribution in [3.8, 4) is 5.75 Å². The first-order valence-corrected chi connectivity index (χ1v) is 6.71. The van der Waals surface area contributed by atoms with E-state index < -0.39 is 11.9 Å². The third-order valence-electron chi connectivity index (χ3n) is 2.75. The number of nitrogens with zero attached hydrogens (tertiary/aromatic N) is 1. The summed E-state index contributed by atoms with van der Waals surface area (Å²) in [4.78, 5) is 22.2. The maximum absolute atomic E-state index is 9.10. The van der Waals surface area contributed by atoms with Crippen molar-refractivity contribution < 1.29 is 24.5 Å². The first-order chi connectivity index (χ1) is 11.0. The fourth-order valence-corrected chi connectivity index (χ4v) is 1.60. The average molecular weight is 318 g/mol. The smallest absolute Gasteiger partial charge is 0.414 e. The van der Waals surface area contributed by atoms with Crippen LogP contribution in [0.4, 0.5) is 0 Å². The van der Waals surface area contributed by atoms with E-state index in [9.17, 15) is 0 Å². The zero-order chi connectivity index (χ0) is 17.1. The van der Waals surface area contributed by atoms with E-state index in [1.54, 1.807) is 7.11 Å². The van der Waals surface area contributed by atoms with Crippen molar-refractivity contribution >= 4 is 11.9 Å². The van der Waals surface area contributed by atoms with Crippen LogP contribution in [0.25, 0.3) is 0 Å². The number of nitrogens with one attached hydrogen (secondary N) is 1. The predicted molar refractivity (Wildman–Crippen MR) is 83.0 cm³/mol. The predicted octanol–water partition coefficient (Wildman–Crippen LogP) is 1.54. The molecule has 0 unspecified atom stereocenters. The summed E-state index contributed by atoms with van der Waals surface area (Å²) in [5.41, 5.74) is 2.49. The third-order valence-corrected chi connectivity index (χ3v) is 2.75. The highest BCUT2D eigenvalue weighted by Crippen LogP contribution is 2.11. The number of carbonyl (C=O) groups is 2. The minimum atomic E-state index is -1.82. The normalized spacial score (nSPS) is 9.43. The topological polar surface area (TPSA) is 109 Å². The van der Waals surface area contributed by atoms with Crippen molar-refractivity contribution in [1.82, 2.24) is 10.3 Å². The maximum atomic E-state index is 9.10. The van der Waals surface area contributed by atoms with Gasteiger partial charge in [-0.3, -0.25) is 4.98 Å². The highest BCUT2D eigenvalue weighted by atomic mass is 16.5. The van der Waals surface area contributed by atoms with E-state index in [1.165, 1.54) is 11.1 Å². The molecule has 0 aliphatic carbocycles. The molecule has 1 aromatic carbocycles. The lowest BCUT2D eigenvalue weighted by Crippen LogP contribution is -2.12. The van der Waals surface area contributed by atoms with E-state index in [-0.39, 0.29) is 0 Å². The summed E-state index contributed by atoms with van der Waals surface area (Å²) in [7, 11) is 1.68. The molecule has 2 rings (SSSR count). The van der Waals surface area contributed by atoms with Crippen molar-refractivity contribution in [2.75, 3.05) is 7.11 Å². The van der Waals surface area contributed by atoms with Gasteiger partial charge in [0, 0.05) is 25.5 Å². The van der Waals surface area contributed by atoms with E-state index in [0.29, 0.717) is 0 Å². The number of ether oxygens (including phenoxy) is 1. The van der Waals surface area contributed by atoms with Gasteiger partial charge in [0.2, 0.25) is 0 Å². The first-order valence-electron chi connectivity index (χ1n) is 6.71. The molecule has 2 aromatic rings. The number of methoxy groups -OCH3 is 1. The third kappa shape index (κ3) is 7.58. The standard InChI is InChI=1S/C14H16N2O.C2H2O4/c1-17-14-4-2-12(3-5-14)10-16-11-13-6-8-15-9-7-13;3-1(4)2(5)6/h2-9,16H,10-11H2,1H3;(H,3,4)(H,5,6). The summed E-state index contributed by atoms with van der Waals surface area (Å²) in [6, 6.07) is 12.1. The van der Waals surface area contributed by atoms with Crippen LogP contribution in [0.5, 0.6) is 5.75 Å². The van der Waals surface area contributed by atoms with Gasteiger partial charge in [-0.25, -0.2) is 9.59 Å². The monoisotopic (exact) mass is 318 g/mol. The molecule has 0 spiro atoms. The van der Waals surface area contributed by atoms with Crippen molar-refractivity contribution in [2.24, 2.45) is 0 Å². The second kappa shape index (κ2) is 9.91. The molecule has 0 amide bonds. The molecule has 1 heterocycles. The molecule has 23 heavy (non-hydrogen) atoms. The van der Waals surface area contributed by atoms with Crippen LogP contribution in [0.2, 0.25) is 0 Å². The largest absolute Gasteiger partial charge is 0.497 e. The molecule has 0 saturated heterocycles. The minimum absolute atomic E-state index is 0.853. The fraction of sp³-hybridized carbons (Fsp3) is 0.188. The zero-order valence-electron chi connectivity index (χ0n) is 12.6. The number of aromatic nitrogens is 1. The molecule has 0 radical (unpaired) electrons. The van der Waals surface area contributed by atoms with Crippen molar-refractivity contribution in [3.05, 3.63) is 59.9 Å². The van der Waals surface area contributed by atoms with Gasteiger partial charge in [-0.1, -0.05) is 12.1 Å². The van der Waals surface area contributed by atoms with Gasteiger partial charge in [0.15, 0.2) is 0 Å². The highest BCUT2D eigenvalue weighted by molar-refractivity contribution is 6.27. The van der Waals surface area contributed by atoms with Gasteiger partial charge in [0.1, 0.15) is 5.75 Å². The van der Waals surface area contributed by atoms with Gasteiger partial charge in [-0.2, -0.15) is 0 Å². The van der Waals surface area contributed by atoms with Crippen LogP contribution < -0.4 is 10.1 Å². The fourth-order valence-electron chi connectivity index (χ4n) is 1.60. The molecule has 0 fully saturated rings. The number of hydrogen-bond donors (Lipinski definition) is 3. The van der Waals surface area contributed by atoms with Crippen LogP contribution >= 0.6 is 0 Å². The van der Waals surface area contributed by atoms with E-state index in [4.69, 9.17) is 24.5 Å². The van der Waals surface area contributed by atoms with Gasteiger partial charge in [0.25, 0.3) is 0 Å². The SMILES string of the molecule is COc1ccc(CNCc2ccncc2)cc1.O=C(O)C(=O)O. The number of carboxylic acid groups (broad SMARTS) is 2. The average Bonchev–Trinajstić information content (AvgIpc) is 2.57. The van der Waals surface area contributed by atoms with Gasteiger partial charge < -0.3 is 20.3 Å². The summed E-state index contributed by atoms with van der Waals surface area (Å²) in [6.07, 6.45) is 3.62. The Hall–Kier alpha value is -2.93. The second-order valence-electron chi connectivity index (χ2n) is 4.42. The van der Waals surface area contributed by atoms with Crippen molar-refractivity contribution in [3.63, 3.8) is 0 Å². The van der Waals surface area contributed by atoms with Crippen molar-refractivity contribution in [1.29, 1.82) is 0 Å². The van der Waals surface area contributed by atoms with Gasteiger partial charge >= 0.3 is 11.9 Å². The van der Waals surface area contributed by atoms with Crippen molar-refractivity contribution in [2.45, 2.75) is 13.1 Å². The molecular weight excluding hydrogens is 300 g/mol. The Morgan fingerprint density at radius 1 is 0.957 bits per heavy atom. The highest BCUT2D eigenvalue weighted by Gasteiger charge is 2.04. The van der Waals surface area contributed by atoms with Crippen LogP contribution in [-0.2, 0) is 22.7 Å². The van der Waals surface area contributed by atoms with E-state index in [2.05, 4.69) is 22.4 Å². The molecule has 3 N–H and O–H groups in total. The molecule has 0 aliphatic rings. The van der Waals surface area contributed by atoms with E-state index in [1.807, 2.05) is 36.7 Å². The molecule has 122 valence electrons. The van der Waals surface area contributed by atoms with E-state index in [0.717, 1.165) is 18.8 Å². The quantitative estimate of drug-likeness (QED) is 0.717. The van der Waals surface area contributed by atoms with E-state index >= 15 is 0 Å². The summed E-state index contributed by atoms with van der Waals surface area (Å²) in [5, 5.41) is 18.2. The number of pyridine rings is 1. The molecule has 7 nitrogen and oxygen atoms in total. The molecule has 7 heteroatoms. The molecular formula is C16H18N2O5. The first kappa shape index (κ1) is 18.1. The van der Waals surface area contributed by atoms with Crippen LogP contribution in [0.15, 0.2) is 48.8 Å². The second-order valence-corrected chi connectivity index (χ2v) is 4.42. The Labute approximate surface area is 133 Å². The van der Waals surface area contributed by atoms with Crippen LogP contribution in [-0.4, -0.2) is 34.2 Å². The van der Waals surface area contributed by atoms with Gasteiger partial charge in [0.05, 0.1) is 7.11 Å². The maximum Gasteiger partial charge on any atom is 0.414 e. The minimum Gasteiger partial charge on any atom is -0.497 e. The molecule has 0 aliphatic heterocycles. The lowest BCUT2D eigenvalue weighted by Gasteiger charge is -2.06. The lowest BCUT2D eigenvalue weighted by molar-refractivity contribution is -0.159. The van der Waals surface area contributed by atoms with Crippen LogP contribution in [0.3, 0.4) is 0 Å². The summed E-state index contributed by atoms with van der Waals surface area (Å²) in [6.45, 7) is 1.71. The summed E-state index contributed by atoms with van der Waals surface area (Å²) >= 11 is 0. The molecule has 0 saturated carbocycles. The Morgan fingerprint density at radius 2 is 1.43 bits per heavy atom. The lowest BCUT2D eigenvalue weighted by atomic mass is 10.2. The zero-order valence-corrected chi connectivity index (χ0v) is 12.6. The van der Waals surface area contributed by atoms with Crippen LogP contribution in [0.1, 0.15) is 11.1 Å². The number of carboxylic acids is 2. The molecule has 1 aromatic heterocycles. The molecule has 0 atom stereocenters. The Kier molecular flexibility index (Phi) is 7.81. The van der Waals surface area contributed by atoms with Crippen LogP contribution in [0, 0.1) is 0 Å². The number of rotatable bonds is 5. The van der Waals surface area contributed by atoms with Gasteiger partial charge in [-0.05, 0) is 35.4 Å². The Balaban J connectivity index is 0.000000379. The number of hydrogen-bond acceptors (Lipinski definition) is 5. The summed E-state index contributed by atoms with van der Waals surface area (Å²) < 4.78 is 5.12. The molecule has 0 bridgehead atoms. The summed E-state index contributed by atoms with van der Waals surface area (Å²) in [5.74, 6) is -2.76.